The highest BCUT2D eigenvalue weighted by Gasteiger charge is 2.25. The first-order valence-corrected chi connectivity index (χ1v) is 16.3. The standard InChI is InChI=1S/C18H16BrFO4.C14H12BrFO3.C4H5ClO/c1-5-6-22-9-23-17-15(18(21)24-12(4)16(17)20)14-11(3)7-10(2)8-13(14)19;1-6-4-7(2)10(9(15)5-6)11-13(17)12(16)8(3)19-14(11)18;1-2-3-6-4-5/h1,7-8H,6,9H2,2-4H3;4-5,17H,1-3H3;1H,3-4H2. The Bertz CT molecular complexity index is 1960. The van der Waals surface area contributed by atoms with E-state index in [1.165, 1.54) is 13.8 Å². The first-order chi connectivity index (χ1) is 23.1. The van der Waals surface area contributed by atoms with Crippen LogP contribution in [0.5, 0.6) is 11.5 Å². The summed E-state index contributed by atoms with van der Waals surface area (Å²) in [6.45, 7) is 10.1. The number of terminal acetylenes is 2. The number of hydrogen-bond donors (Lipinski definition) is 1. The third kappa shape index (κ3) is 10.8. The van der Waals surface area contributed by atoms with Crippen molar-refractivity contribution < 1.29 is 36.9 Å². The average molecular weight is 827 g/mol. The molecule has 49 heavy (non-hydrogen) atoms. The Balaban J connectivity index is 0.000000297. The molecular formula is C36H33Br2ClF2O8. The van der Waals surface area contributed by atoms with E-state index < -0.39 is 28.6 Å². The Morgan fingerprint density at radius 3 is 1.65 bits per heavy atom. The van der Waals surface area contributed by atoms with Crippen LogP contribution in [-0.4, -0.2) is 31.2 Å². The maximum absolute atomic E-state index is 14.5. The molecule has 2 heterocycles. The smallest absolute Gasteiger partial charge is 0.347 e. The second kappa shape index (κ2) is 19.3. The summed E-state index contributed by atoms with van der Waals surface area (Å²) in [5, 5.41) is 9.88. The van der Waals surface area contributed by atoms with E-state index in [1.807, 2.05) is 39.0 Å². The highest BCUT2D eigenvalue weighted by molar-refractivity contribution is 9.11. The van der Waals surface area contributed by atoms with Gasteiger partial charge in [-0.2, -0.15) is 8.78 Å². The minimum Gasteiger partial charge on any atom is -0.504 e. The summed E-state index contributed by atoms with van der Waals surface area (Å²) in [4.78, 5) is 24.3. The molecular weight excluding hydrogens is 794 g/mol. The lowest BCUT2D eigenvalue weighted by Crippen LogP contribution is -2.13. The van der Waals surface area contributed by atoms with E-state index in [2.05, 4.69) is 48.4 Å². The lowest BCUT2D eigenvalue weighted by atomic mass is 9.99. The molecule has 0 unspecified atom stereocenters. The zero-order chi connectivity index (χ0) is 37.0. The van der Waals surface area contributed by atoms with Crippen LogP contribution in [0.2, 0.25) is 0 Å². The third-order valence-electron chi connectivity index (χ3n) is 6.49. The van der Waals surface area contributed by atoms with E-state index in [0.29, 0.717) is 26.7 Å². The maximum atomic E-state index is 14.5. The molecule has 0 fully saturated rings. The molecule has 4 aromatic rings. The van der Waals surface area contributed by atoms with Crippen molar-refractivity contribution in [3.05, 3.63) is 99.5 Å². The molecule has 8 nitrogen and oxygen atoms in total. The highest BCUT2D eigenvalue weighted by Crippen LogP contribution is 2.39. The Morgan fingerprint density at radius 1 is 0.755 bits per heavy atom. The van der Waals surface area contributed by atoms with E-state index in [4.69, 9.17) is 42.8 Å². The average Bonchev–Trinajstić information content (AvgIpc) is 3.02. The van der Waals surface area contributed by atoms with Gasteiger partial charge in [0.1, 0.15) is 41.9 Å². The molecule has 0 bridgehead atoms. The molecule has 0 aliphatic heterocycles. The predicted molar refractivity (Wildman–Crippen MR) is 192 cm³/mol. The van der Waals surface area contributed by atoms with Crippen molar-refractivity contribution in [2.45, 2.75) is 41.5 Å². The zero-order valence-electron chi connectivity index (χ0n) is 27.5. The number of halogens is 5. The van der Waals surface area contributed by atoms with Crippen LogP contribution in [0.25, 0.3) is 22.3 Å². The molecule has 0 amide bonds. The fourth-order valence-electron chi connectivity index (χ4n) is 4.54. The summed E-state index contributed by atoms with van der Waals surface area (Å²) < 4.78 is 54.2. The van der Waals surface area contributed by atoms with Crippen LogP contribution in [0.4, 0.5) is 8.78 Å². The highest BCUT2D eigenvalue weighted by atomic mass is 79.9. The quantitative estimate of drug-likeness (QED) is 0.0814. The monoisotopic (exact) mass is 824 g/mol. The first-order valence-electron chi connectivity index (χ1n) is 14.2. The molecule has 13 heteroatoms. The maximum Gasteiger partial charge on any atom is 0.347 e. The number of benzene rings is 2. The van der Waals surface area contributed by atoms with E-state index in [9.17, 15) is 23.5 Å². The normalized spacial score (nSPS) is 10.2. The molecule has 0 atom stereocenters. The summed E-state index contributed by atoms with van der Waals surface area (Å²) >= 11 is 11.8. The molecule has 2 aromatic heterocycles. The van der Waals surface area contributed by atoms with Gasteiger partial charge in [0.25, 0.3) is 0 Å². The van der Waals surface area contributed by atoms with Crippen molar-refractivity contribution in [1.82, 2.24) is 0 Å². The van der Waals surface area contributed by atoms with Gasteiger partial charge in [-0.1, -0.05) is 67.4 Å². The van der Waals surface area contributed by atoms with Crippen molar-refractivity contribution >= 4 is 43.5 Å². The van der Waals surface area contributed by atoms with Crippen LogP contribution in [0.15, 0.2) is 51.6 Å². The van der Waals surface area contributed by atoms with Crippen LogP contribution in [0, 0.1) is 77.9 Å². The SMILES string of the molecule is C#CCOCCl.C#CCOCOc1c(F)c(C)oc(=O)c1-c1c(C)cc(C)cc1Br.Cc1cc(C)c(-c2c(O)c(F)c(C)oc2=O)c(Br)c1. The van der Waals surface area contributed by atoms with Gasteiger partial charge in [-0.3, -0.25) is 0 Å². The lowest BCUT2D eigenvalue weighted by molar-refractivity contribution is 0.0305. The van der Waals surface area contributed by atoms with Gasteiger partial charge >= 0.3 is 11.3 Å². The third-order valence-corrected chi connectivity index (χ3v) is 7.89. The van der Waals surface area contributed by atoms with Gasteiger partial charge in [0, 0.05) is 20.1 Å². The Morgan fingerprint density at radius 2 is 1.20 bits per heavy atom. The van der Waals surface area contributed by atoms with Crippen LogP contribution in [0.1, 0.15) is 33.8 Å². The van der Waals surface area contributed by atoms with Crippen molar-refractivity contribution in [3.8, 4) is 58.4 Å². The second-order valence-electron chi connectivity index (χ2n) is 10.3. The summed E-state index contributed by atoms with van der Waals surface area (Å²) in [5.74, 6) is 1.60. The Kier molecular flexibility index (Phi) is 16.3. The molecule has 0 radical (unpaired) electrons. The van der Waals surface area contributed by atoms with E-state index in [-0.39, 0.29) is 47.9 Å². The zero-order valence-corrected chi connectivity index (χ0v) is 31.4. The van der Waals surface area contributed by atoms with Crippen LogP contribution < -0.4 is 16.0 Å². The number of hydrogen-bond acceptors (Lipinski definition) is 8. The number of aryl methyl sites for hydroxylation is 6. The molecule has 260 valence electrons. The minimum atomic E-state index is -0.915. The van der Waals surface area contributed by atoms with E-state index in [1.54, 1.807) is 13.0 Å². The molecule has 1 N–H and O–H groups in total. The van der Waals surface area contributed by atoms with Gasteiger partial charge in [0.15, 0.2) is 18.3 Å². The van der Waals surface area contributed by atoms with Gasteiger partial charge in [-0.05, 0) is 75.9 Å². The van der Waals surface area contributed by atoms with Gasteiger partial charge in [-0.25, -0.2) is 9.59 Å². The van der Waals surface area contributed by atoms with Crippen LogP contribution in [0.3, 0.4) is 0 Å². The van der Waals surface area contributed by atoms with E-state index >= 15 is 0 Å². The molecule has 0 aliphatic carbocycles. The summed E-state index contributed by atoms with van der Waals surface area (Å²) in [6, 6.07) is 7.54. The van der Waals surface area contributed by atoms with Crippen molar-refractivity contribution in [2.24, 2.45) is 0 Å². The molecule has 2 aromatic carbocycles. The van der Waals surface area contributed by atoms with Crippen molar-refractivity contribution in [2.75, 3.05) is 26.1 Å². The van der Waals surface area contributed by atoms with Gasteiger partial charge in [0.05, 0.1) is 0 Å². The molecule has 0 saturated carbocycles. The molecule has 4 rings (SSSR count). The van der Waals surface area contributed by atoms with Crippen LogP contribution >= 0.6 is 43.5 Å². The largest absolute Gasteiger partial charge is 0.504 e. The van der Waals surface area contributed by atoms with E-state index in [0.717, 1.165) is 22.3 Å². The number of alkyl halides is 1. The van der Waals surface area contributed by atoms with Gasteiger partial charge < -0.3 is 28.2 Å². The second-order valence-corrected chi connectivity index (χ2v) is 12.2. The summed E-state index contributed by atoms with van der Waals surface area (Å²) in [6.07, 6.45) is 9.87. The minimum absolute atomic E-state index is 0.00628. The van der Waals surface area contributed by atoms with Gasteiger partial charge in [0.2, 0.25) is 11.6 Å². The summed E-state index contributed by atoms with van der Waals surface area (Å²) in [7, 11) is 0. The molecule has 0 aliphatic rings. The van der Waals surface area contributed by atoms with Crippen molar-refractivity contribution in [1.29, 1.82) is 0 Å². The first kappa shape index (κ1) is 41.3. The Hall–Kier alpha value is -3.91. The van der Waals surface area contributed by atoms with Crippen LogP contribution in [-0.2, 0) is 9.47 Å². The Labute approximate surface area is 304 Å². The summed E-state index contributed by atoms with van der Waals surface area (Å²) in [5.41, 5.74) is 2.88. The fourth-order valence-corrected chi connectivity index (χ4v) is 6.36. The molecule has 0 spiro atoms. The van der Waals surface area contributed by atoms with Gasteiger partial charge in [-0.15, -0.1) is 12.8 Å². The lowest BCUT2D eigenvalue weighted by Gasteiger charge is -2.15. The van der Waals surface area contributed by atoms with Crippen molar-refractivity contribution in [3.63, 3.8) is 0 Å². The number of aromatic hydroxyl groups is 1. The number of rotatable bonds is 8. The fraction of sp³-hybridized carbons (Fsp3) is 0.278. The predicted octanol–water partition coefficient (Wildman–Crippen LogP) is 8.79. The topological polar surface area (TPSA) is 108 Å². The molecule has 0 saturated heterocycles. The number of ether oxygens (including phenoxy) is 3.